The molecule has 0 aliphatic heterocycles. The van der Waals surface area contributed by atoms with E-state index in [1.165, 1.54) is 12.1 Å². The summed E-state index contributed by atoms with van der Waals surface area (Å²) in [4.78, 5) is 21.7. The lowest BCUT2D eigenvalue weighted by Gasteiger charge is -2.27. The molecule has 0 N–H and O–H groups in total. The first-order valence-electron chi connectivity index (χ1n) is 8.29. The van der Waals surface area contributed by atoms with Crippen LogP contribution in [0, 0.1) is 10.1 Å². The van der Waals surface area contributed by atoms with Crippen LogP contribution in [0.5, 0.6) is 0 Å². The number of hydrogen-bond acceptors (Lipinski definition) is 5. The van der Waals surface area contributed by atoms with E-state index in [-0.39, 0.29) is 0 Å². The number of anilines is 1. The van der Waals surface area contributed by atoms with Crippen molar-refractivity contribution >= 4 is 38.2 Å². The van der Waals surface area contributed by atoms with Gasteiger partial charge in [0, 0.05) is 6.07 Å². The summed E-state index contributed by atoms with van der Waals surface area (Å²) in [7, 11) is -4.40. The van der Waals surface area contributed by atoms with Gasteiger partial charge in [-0.25, -0.2) is 8.42 Å². The Morgan fingerprint density at radius 1 is 1.07 bits per heavy atom. The molecule has 0 atom stereocenters. The largest absolute Gasteiger partial charge is 0.289 e. The molecule has 9 heteroatoms. The van der Waals surface area contributed by atoms with E-state index in [0.717, 1.165) is 16.4 Å². The first-order chi connectivity index (χ1) is 12.7. The van der Waals surface area contributed by atoms with E-state index in [1.54, 1.807) is 18.2 Å². The van der Waals surface area contributed by atoms with Crippen molar-refractivity contribution in [1.82, 2.24) is 0 Å². The highest BCUT2D eigenvalue weighted by molar-refractivity contribution is 7.93. The van der Waals surface area contributed by atoms with Crippen LogP contribution in [0.3, 0.4) is 0 Å². The van der Waals surface area contributed by atoms with E-state index in [1.807, 2.05) is 13.8 Å². The highest BCUT2D eigenvalue weighted by Gasteiger charge is 2.34. The van der Waals surface area contributed by atoms with Crippen LogP contribution in [-0.4, -0.2) is 25.1 Å². The summed E-state index contributed by atoms with van der Waals surface area (Å²) in [5.41, 5.74) is 1.19. The smallest absolute Gasteiger partial charge is 0.279 e. The lowest BCUT2D eigenvalue weighted by molar-refractivity contribution is -0.387. The van der Waals surface area contributed by atoms with Crippen LogP contribution in [-0.2, 0) is 27.7 Å². The number of nitro benzene ring substituents is 1. The minimum absolute atomic E-state index is 0.342. The molecule has 0 bridgehead atoms. The van der Waals surface area contributed by atoms with Gasteiger partial charge in [0.25, 0.3) is 15.7 Å². The quantitative estimate of drug-likeness (QED) is 0.375. The highest BCUT2D eigenvalue weighted by atomic mass is 35.5. The number of para-hydroxylation sites is 2. The van der Waals surface area contributed by atoms with E-state index in [9.17, 15) is 23.3 Å². The topological polar surface area (TPSA) is 97.6 Å². The minimum Gasteiger partial charge on any atom is -0.279 e. The van der Waals surface area contributed by atoms with Crippen LogP contribution >= 0.6 is 11.6 Å². The van der Waals surface area contributed by atoms with Crippen LogP contribution in [0.15, 0.2) is 47.4 Å². The van der Waals surface area contributed by atoms with E-state index in [2.05, 4.69) is 0 Å². The Bertz CT molecular complexity index is 953. The van der Waals surface area contributed by atoms with Crippen LogP contribution in [0.1, 0.15) is 25.0 Å². The summed E-state index contributed by atoms with van der Waals surface area (Å²) >= 11 is 5.53. The molecule has 0 saturated carbocycles. The normalized spacial score (nSPS) is 11.2. The van der Waals surface area contributed by atoms with Gasteiger partial charge in [-0.1, -0.05) is 44.2 Å². The average molecular weight is 411 g/mol. The minimum atomic E-state index is -4.40. The maximum Gasteiger partial charge on any atom is 0.289 e. The molecule has 0 saturated heterocycles. The second kappa shape index (κ2) is 8.49. The van der Waals surface area contributed by atoms with Crippen molar-refractivity contribution in [2.24, 2.45) is 0 Å². The van der Waals surface area contributed by atoms with Crippen LogP contribution < -0.4 is 4.31 Å². The van der Waals surface area contributed by atoms with Crippen LogP contribution in [0.25, 0.3) is 0 Å². The maximum atomic E-state index is 13.3. The molecule has 2 aromatic carbocycles. The van der Waals surface area contributed by atoms with Crippen molar-refractivity contribution in [2.45, 2.75) is 31.6 Å². The summed E-state index contributed by atoms with van der Waals surface area (Å²) in [6, 6.07) is 10.4. The average Bonchev–Trinajstić information content (AvgIpc) is 2.65. The van der Waals surface area contributed by atoms with Gasteiger partial charge in [0.1, 0.15) is 6.54 Å². The Hall–Kier alpha value is -2.45. The number of sulfonamides is 1. The van der Waals surface area contributed by atoms with Gasteiger partial charge in [-0.3, -0.25) is 19.2 Å². The lowest BCUT2D eigenvalue weighted by atomic mass is 10.0. The number of hydrogen-bond donors (Lipinski definition) is 0. The van der Waals surface area contributed by atoms with E-state index < -0.39 is 37.3 Å². The standard InChI is InChI=1S/C18H19ClN2O5S/c1-3-13-8-7-9-14(4-2)18(13)20(12-17(19)22)27(25,26)16-11-6-5-10-15(16)21(23)24/h5-11H,3-4,12H2,1-2H3. The van der Waals surface area contributed by atoms with Crippen molar-refractivity contribution in [1.29, 1.82) is 0 Å². The molecule has 0 aliphatic carbocycles. The zero-order chi connectivity index (χ0) is 20.2. The Morgan fingerprint density at radius 3 is 2.11 bits per heavy atom. The third-order valence-corrected chi connectivity index (χ3v) is 6.02. The van der Waals surface area contributed by atoms with E-state index in [4.69, 9.17) is 11.6 Å². The second-order valence-corrected chi connectivity index (χ2v) is 7.98. The number of carbonyl (C=O) groups is 1. The van der Waals surface area contributed by atoms with Gasteiger partial charge in [-0.2, -0.15) is 0 Å². The van der Waals surface area contributed by atoms with Crippen molar-refractivity contribution in [3.63, 3.8) is 0 Å². The van der Waals surface area contributed by atoms with Gasteiger partial charge in [0.05, 0.1) is 10.6 Å². The fraction of sp³-hybridized carbons (Fsp3) is 0.278. The Morgan fingerprint density at radius 2 is 1.63 bits per heavy atom. The summed E-state index contributed by atoms with van der Waals surface area (Å²) < 4.78 is 27.6. The highest BCUT2D eigenvalue weighted by Crippen LogP contribution is 2.34. The number of halogens is 1. The molecule has 144 valence electrons. The molecule has 2 aromatic rings. The molecule has 7 nitrogen and oxygen atoms in total. The fourth-order valence-electron chi connectivity index (χ4n) is 2.88. The number of rotatable bonds is 8. The predicted molar refractivity (Wildman–Crippen MR) is 104 cm³/mol. The molecule has 0 unspecified atom stereocenters. The molecule has 2 rings (SSSR count). The monoisotopic (exact) mass is 410 g/mol. The second-order valence-electron chi connectivity index (χ2n) is 5.72. The molecule has 0 aromatic heterocycles. The van der Waals surface area contributed by atoms with Crippen molar-refractivity contribution in [3.05, 3.63) is 63.7 Å². The number of nitrogens with zero attached hydrogens (tertiary/aromatic N) is 2. The molecule has 0 amide bonds. The third kappa shape index (κ3) is 4.28. The zero-order valence-electron chi connectivity index (χ0n) is 14.9. The van der Waals surface area contributed by atoms with Crippen LogP contribution in [0.4, 0.5) is 11.4 Å². The maximum absolute atomic E-state index is 13.3. The molecule has 0 spiro atoms. The molecule has 27 heavy (non-hydrogen) atoms. The number of benzene rings is 2. The molecule has 0 radical (unpaired) electrons. The van der Waals surface area contributed by atoms with Gasteiger partial charge in [-0.15, -0.1) is 0 Å². The van der Waals surface area contributed by atoms with Crippen molar-refractivity contribution in [3.8, 4) is 0 Å². The summed E-state index contributed by atoms with van der Waals surface area (Å²) in [5.74, 6) is 0. The molecular formula is C18H19ClN2O5S. The Balaban J connectivity index is 2.80. The summed E-state index contributed by atoms with van der Waals surface area (Å²) in [6.07, 6.45) is 1.03. The van der Waals surface area contributed by atoms with E-state index >= 15 is 0 Å². The number of aryl methyl sites for hydroxylation is 2. The van der Waals surface area contributed by atoms with Gasteiger partial charge >= 0.3 is 0 Å². The van der Waals surface area contributed by atoms with Gasteiger partial charge < -0.3 is 0 Å². The SMILES string of the molecule is CCc1cccc(CC)c1N(CC(=O)Cl)S(=O)(=O)c1ccccc1[N+](=O)[O-]. The summed E-state index contributed by atoms with van der Waals surface area (Å²) in [6.45, 7) is 3.09. The lowest BCUT2D eigenvalue weighted by Crippen LogP contribution is -2.36. The molecule has 0 aliphatic rings. The first kappa shape index (κ1) is 20.9. The fourth-order valence-corrected chi connectivity index (χ4v) is 4.72. The predicted octanol–water partition coefficient (Wildman–Crippen LogP) is 3.68. The molecular weight excluding hydrogens is 392 g/mol. The molecule has 0 fully saturated rings. The summed E-state index contributed by atoms with van der Waals surface area (Å²) in [5, 5.41) is 10.4. The number of nitro groups is 1. The third-order valence-electron chi connectivity index (χ3n) is 4.11. The van der Waals surface area contributed by atoms with Crippen molar-refractivity contribution in [2.75, 3.05) is 10.8 Å². The van der Waals surface area contributed by atoms with Crippen molar-refractivity contribution < 1.29 is 18.1 Å². The van der Waals surface area contributed by atoms with E-state index in [0.29, 0.717) is 29.7 Å². The first-order valence-corrected chi connectivity index (χ1v) is 10.1. The Labute approximate surface area is 162 Å². The van der Waals surface area contributed by atoms with Gasteiger partial charge in [0.15, 0.2) is 4.90 Å². The van der Waals surface area contributed by atoms with Crippen LogP contribution in [0.2, 0.25) is 0 Å². The Kier molecular flexibility index (Phi) is 6.56. The molecule has 0 heterocycles. The van der Waals surface area contributed by atoms with Gasteiger partial charge in [-0.05, 0) is 41.6 Å². The zero-order valence-corrected chi connectivity index (χ0v) is 16.5. The van der Waals surface area contributed by atoms with Gasteiger partial charge in [0.2, 0.25) is 5.24 Å². The number of carbonyl (C=O) groups excluding carboxylic acids is 1.